The molecule has 0 fully saturated rings. The maximum atomic E-state index is 8.99. The largest absolute Gasteiger partial charge is 0.396 e. The Hall–Kier alpha value is -1.21. The van der Waals surface area contributed by atoms with Crippen LogP contribution in [0.1, 0.15) is 13.3 Å². The van der Waals surface area contributed by atoms with Crippen LogP contribution >= 0.6 is 15.9 Å². The Kier molecular flexibility index (Phi) is 5.09. The summed E-state index contributed by atoms with van der Waals surface area (Å²) in [4.78, 5) is 12.9. The number of aliphatic hydroxyl groups excluding tert-OH is 1. The van der Waals surface area contributed by atoms with Crippen LogP contribution < -0.4 is 5.32 Å². The summed E-state index contributed by atoms with van der Waals surface area (Å²) in [7, 11) is 0. The predicted molar refractivity (Wildman–Crippen MR) is 78.5 cm³/mol. The van der Waals surface area contributed by atoms with Crippen LogP contribution in [0.25, 0.3) is 11.2 Å². The molecule has 0 aliphatic rings. The van der Waals surface area contributed by atoms with Gasteiger partial charge in [0, 0.05) is 25.0 Å². The van der Waals surface area contributed by atoms with E-state index in [1.165, 1.54) is 0 Å². The van der Waals surface area contributed by atoms with E-state index >= 15 is 0 Å². The maximum Gasteiger partial charge on any atom is 0.165 e. The molecule has 0 bridgehead atoms. The summed E-state index contributed by atoms with van der Waals surface area (Å²) in [5.74, 6) is 1.04. The van der Waals surface area contributed by atoms with Crippen LogP contribution in [0.2, 0.25) is 0 Å². The Morgan fingerprint density at radius 1 is 1.42 bits per heavy atom. The Bertz CT molecular complexity index is 530. The van der Waals surface area contributed by atoms with E-state index in [0.29, 0.717) is 0 Å². The second kappa shape index (κ2) is 6.81. The molecule has 2 aromatic rings. The zero-order valence-corrected chi connectivity index (χ0v) is 12.5. The van der Waals surface area contributed by atoms with Gasteiger partial charge < -0.3 is 15.0 Å². The van der Waals surface area contributed by atoms with E-state index in [4.69, 9.17) is 5.11 Å². The standard InChI is InChI=1S/C12H18BrN5O/c1-9(6-19)2-4-14-11-10-12(16-7-15-11)18(5-3-13)8-17-10/h7-9,19H,2-6H2,1H3,(H,14,15,16)/t9-/m1/s1. The van der Waals surface area contributed by atoms with Crippen molar-refractivity contribution in [3.05, 3.63) is 12.7 Å². The molecule has 0 radical (unpaired) electrons. The highest BCUT2D eigenvalue weighted by Gasteiger charge is 2.09. The highest BCUT2D eigenvalue weighted by atomic mass is 79.9. The first-order valence-corrected chi connectivity index (χ1v) is 7.45. The number of alkyl halides is 1. The van der Waals surface area contributed by atoms with Crippen molar-refractivity contribution < 1.29 is 5.11 Å². The number of nitrogens with one attached hydrogen (secondary N) is 1. The topological polar surface area (TPSA) is 75.9 Å². The fraction of sp³-hybridized carbons (Fsp3) is 0.583. The molecule has 7 heteroatoms. The second-order valence-corrected chi connectivity index (χ2v) is 5.32. The molecule has 0 aliphatic carbocycles. The van der Waals surface area contributed by atoms with Gasteiger partial charge in [0.1, 0.15) is 11.8 Å². The number of fused-ring (bicyclic) bond motifs is 1. The molecule has 0 amide bonds. The molecule has 0 aliphatic heterocycles. The van der Waals surface area contributed by atoms with Gasteiger partial charge >= 0.3 is 0 Å². The van der Waals surface area contributed by atoms with Crippen LogP contribution in [0.15, 0.2) is 12.7 Å². The monoisotopic (exact) mass is 327 g/mol. The summed E-state index contributed by atoms with van der Waals surface area (Å²) in [5.41, 5.74) is 1.63. The first-order chi connectivity index (χ1) is 9.26. The first kappa shape index (κ1) is 14.2. The van der Waals surface area contributed by atoms with Gasteiger partial charge in [-0.2, -0.15) is 0 Å². The van der Waals surface area contributed by atoms with Crippen molar-refractivity contribution in [3.63, 3.8) is 0 Å². The third-order valence-electron chi connectivity index (χ3n) is 2.97. The third-order valence-corrected chi connectivity index (χ3v) is 3.32. The lowest BCUT2D eigenvalue weighted by Gasteiger charge is -2.09. The molecule has 6 nitrogen and oxygen atoms in total. The van der Waals surface area contributed by atoms with Gasteiger partial charge in [0.15, 0.2) is 11.5 Å². The number of rotatable bonds is 7. The summed E-state index contributed by atoms with van der Waals surface area (Å²) >= 11 is 3.41. The number of nitrogens with zero attached hydrogens (tertiary/aromatic N) is 4. The van der Waals surface area contributed by atoms with Gasteiger partial charge in [0.25, 0.3) is 0 Å². The zero-order chi connectivity index (χ0) is 13.7. The van der Waals surface area contributed by atoms with Gasteiger partial charge in [-0.3, -0.25) is 0 Å². The van der Waals surface area contributed by atoms with E-state index in [0.717, 1.165) is 41.8 Å². The summed E-state index contributed by atoms with van der Waals surface area (Å²) < 4.78 is 1.99. The summed E-state index contributed by atoms with van der Waals surface area (Å²) in [6, 6.07) is 0. The SMILES string of the molecule is C[C@@H](CO)CCNc1ncnc2c1ncn2CCBr. The summed E-state index contributed by atoms with van der Waals surface area (Å²) in [6.07, 6.45) is 4.22. The Morgan fingerprint density at radius 2 is 2.26 bits per heavy atom. The molecule has 0 saturated heterocycles. The van der Waals surface area contributed by atoms with E-state index in [9.17, 15) is 0 Å². The van der Waals surface area contributed by atoms with E-state index < -0.39 is 0 Å². The van der Waals surface area contributed by atoms with Gasteiger partial charge in [-0.15, -0.1) is 0 Å². The highest BCUT2D eigenvalue weighted by molar-refractivity contribution is 9.09. The normalized spacial score (nSPS) is 12.8. The molecular weight excluding hydrogens is 310 g/mol. The van der Waals surface area contributed by atoms with Crippen molar-refractivity contribution in [1.82, 2.24) is 19.5 Å². The molecular formula is C12H18BrN5O. The molecule has 0 spiro atoms. The second-order valence-electron chi connectivity index (χ2n) is 4.52. The summed E-state index contributed by atoms with van der Waals surface area (Å²) in [5, 5.41) is 13.1. The van der Waals surface area contributed by atoms with Crippen molar-refractivity contribution >= 4 is 32.9 Å². The Labute approximate surface area is 120 Å². The average Bonchev–Trinajstić information content (AvgIpc) is 2.83. The van der Waals surface area contributed by atoms with Crippen molar-refractivity contribution in [2.75, 3.05) is 23.8 Å². The summed E-state index contributed by atoms with van der Waals surface area (Å²) in [6.45, 7) is 3.82. The van der Waals surface area contributed by atoms with Crippen molar-refractivity contribution in [3.8, 4) is 0 Å². The van der Waals surface area contributed by atoms with Crippen LogP contribution in [-0.2, 0) is 6.54 Å². The fourth-order valence-electron chi connectivity index (χ4n) is 1.79. The van der Waals surface area contributed by atoms with Crippen LogP contribution in [0, 0.1) is 5.92 Å². The molecule has 0 unspecified atom stereocenters. The molecule has 0 saturated carbocycles. The molecule has 2 aromatic heterocycles. The van der Waals surface area contributed by atoms with E-state index in [1.807, 2.05) is 11.5 Å². The molecule has 2 heterocycles. The lowest BCUT2D eigenvalue weighted by atomic mass is 10.1. The van der Waals surface area contributed by atoms with E-state index in [2.05, 4.69) is 36.2 Å². The van der Waals surface area contributed by atoms with Gasteiger partial charge in [-0.25, -0.2) is 15.0 Å². The van der Waals surface area contributed by atoms with Crippen molar-refractivity contribution in [2.45, 2.75) is 19.9 Å². The highest BCUT2D eigenvalue weighted by Crippen LogP contribution is 2.17. The number of anilines is 1. The third kappa shape index (κ3) is 3.42. The van der Waals surface area contributed by atoms with Crippen LogP contribution in [-0.4, -0.2) is 43.1 Å². The van der Waals surface area contributed by atoms with E-state index in [-0.39, 0.29) is 12.5 Å². The number of halogens is 1. The van der Waals surface area contributed by atoms with Gasteiger partial charge in [0.05, 0.1) is 6.33 Å². The molecule has 104 valence electrons. The lowest BCUT2D eigenvalue weighted by molar-refractivity contribution is 0.233. The van der Waals surface area contributed by atoms with Crippen LogP contribution in [0.3, 0.4) is 0 Å². The number of hydrogen-bond acceptors (Lipinski definition) is 5. The predicted octanol–water partition coefficient (Wildman–Crippen LogP) is 1.65. The number of imidazole rings is 1. The smallest absolute Gasteiger partial charge is 0.165 e. The molecule has 0 aromatic carbocycles. The van der Waals surface area contributed by atoms with Gasteiger partial charge in [-0.05, 0) is 12.3 Å². The number of aliphatic hydroxyl groups is 1. The van der Waals surface area contributed by atoms with Crippen LogP contribution in [0.5, 0.6) is 0 Å². The van der Waals surface area contributed by atoms with E-state index in [1.54, 1.807) is 12.7 Å². The quantitative estimate of drug-likeness (QED) is 0.756. The van der Waals surface area contributed by atoms with Gasteiger partial charge in [-0.1, -0.05) is 22.9 Å². The molecule has 19 heavy (non-hydrogen) atoms. The minimum atomic E-state index is 0.209. The maximum absolute atomic E-state index is 8.99. The van der Waals surface area contributed by atoms with Crippen LogP contribution in [0.4, 0.5) is 5.82 Å². The minimum absolute atomic E-state index is 0.209. The average molecular weight is 328 g/mol. The first-order valence-electron chi connectivity index (χ1n) is 6.32. The number of hydrogen-bond donors (Lipinski definition) is 2. The Balaban J connectivity index is 2.10. The molecule has 2 rings (SSSR count). The molecule has 1 atom stereocenters. The lowest BCUT2D eigenvalue weighted by Crippen LogP contribution is -2.10. The van der Waals surface area contributed by atoms with Gasteiger partial charge in [0.2, 0.25) is 0 Å². The minimum Gasteiger partial charge on any atom is -0.396 e. The zero-order valence-electron chi connectivity index (χ0n) is 10.9. The Morgan fingerprint density at radius 3 is 3.00 bits per heavy atom. The molecule has 2 N–H and O–H groups in total. The number of aryl methyl sites for hydroxylation is 1. The van der Waals surface area contributed by atoms with Crippen molar-refractivity contribution in [1.29, 1.82) is 0 Å². The fourth-order valence-corrected chi connectivity index (χ4v) is 2.18. The number of aromatic nitrogens is 4. The van der Waals surface area contributed by atoms with Crippen molar-refractivity contribution in [2.24, 2.45) is 5.92 Å².